The van der Waals surface area contributed by atoms with Gasteiger partial charge in [-0.3, -0.25) is 9.59 Å². The Morgan fingerprint density at radius 2 is 0.885 bits per heavy atom. The van der Waals surface area contributed by atoms with E-state index in [2.05, 4.69) is 62.5 Å². The molecule has 1 aliphatic heterocycles. The van der Waals surface area contributed by atoms with Crippen molar-refractivity contribution in [2.24, 2.45) is 0 Å². The van der Waals surface area contributed by atoms with E-state index in [1.165, 1.54) is 180 Å². The number of esters is 1. The molecule has 0 aromatic heterocycles. The third kappa shape index (κ3) is 42.5. The lowest BCUT2D eigenvalue weighted by atomic mass is 9.99. The quantitative estimate of drug-likeness (QED) is 0.0195. The maximum Gasteiger partial charge on any atom is 0.306 e. The van der Waals surface area contributed by atoms with Crippen LogP contribution in [0.3, 0.4) is 0 Å². The van der Waals surface area contributed by atoms with Gasteiger partial charge in [-0.15, -0.1) is 0 Å². The van der Waals surface area contributed by atoms with Gasteiger partial charge in [-0.1, -0.05) is 262 Å². The number of ether oxygens (including phenoxy) is 3. The molecule has 1 amide bonds. The molecule has 8 unspecified atom stereocenters. The highest BCUT2D eigenvalue weighted by Gasteiger charge is 2.47. The van der Waals surface area contributed by atoms with Crippen molar-refractivity contribution in [2.75, 3.05) is 13.2 Å². The summed E-state index contributed by atoms with van der Waals surface area (Å²) in [5.41, 5.74) is 0. The number of aliphatic hydroxyl groups is 5. The van der Waals surface area contributed by atoms with Gasteiger partial charge in [0.05, 0.1) is 25.4 Å². The van der Waals surface area contributed by atoms with E-state index in [-0.39, 0.29) is 19.4 Å². The molecule has 456 valence electrons. The molecule has 1 heterocycles. The van der Waals surface area contributed by atoms with Crippen LogP contribution in [0.1, 0.15) is 303 Å². The number of nitrogens with one attached hydrogen (secondary N) is 1. The van der Waals surface area contributed by atoms with Crippen LogP contribution in [-0.4, -0.2) is 99.6 Å². The summed E-state index contributed by atoms with van der Waals surface area (Å²) in [6, 6.07) is -1.03. The third-order valence-electron chi connectivity index (χ3n) is 15.5. The van der Waals surface area contributed by atoms with Crippen molar-refractivity contribution in [1.29, 1.82) is 0 Å². The first-order valence-electron chi connectivity index (χ1n) is 32.9. The van der Waals surface area contributed by atoms with Crippen LogP contribution < -0.4 is 5.32 Å². The predicted molar refractivity (Wildman–Crippen MR) is 324 cm³/mol. The molecule has 0 aromatic rings. The normalized spacial score (nSPS) is 19.2. The van der Waals surface area contributed by atoms with Crippen LogP contribution in [0.2, 0.25) is 0 Å². The highest BCUT2D eigenvalue weighted by Crippen LogP contribution is 2.26. The Kier molecular flexibility index (Phi) is 52.1. The van der Waals surface area contributed by atoms with E-state index in [0.29, 0.717) is 12.8 Å². The number of allylic oxidation sites excluding steroid dienone is 7. The molecule has 0 aromatic carbocycles. The van der Waals surface area contributed by atoms with Gasteiger partial charge in [-0.05, 0) is 83.5 Å². The van der Waals surface area contributed by atoms with Crippen molar-refractivity contribution in [1.82, 2.24) is 5.32 Å². The number of unbranched alkanes of at least 4 members (excludes halogenated alkanes) is 36. The maximum absolute atomic E-state index is 13.4. The van der Waals surface area contributed by atoms with Crippen LogP contribution in [0, 0.1) is 0 Å². The SMILES string of the molecule is CCCCC/C=C\C/C=C\CCCCCCCCCCCCCC(=O)OC1C(OCC(NC(=O)C(O)CCCCCCCC/C=C/CCCCCCCC)C(O)/C=C/CCCCCCCCCCCC)OC(CO)C(O)C1O. The second kappa shape index (κ2) is 55.2. The van der Waals surface area contributed by atoms with Crippen LogP contribution in [-0.2, 0) is 23.8 Å². The fourth-order valence-electron chi connectivity index (χ4n) is 10.2. The minimum absolute atomic E-state index is 0.122. The minimum atomic E-state index is -1.61. The van der Waals surface area contributed by atoms with Crippen molar-refractivity contribution in [3.05, 3.63) is 48.6 Å². The van der Waals surface area contributed by atoms with Crippen molar-refractivity contribution in [3.8, 4) is 0 Å². The molecule has 0 radical (unpaired) electrons. The number of hydrogen-bond acceptors (Lipinski definition) is 10. The summed E-state index contributed by atoms with van der Waals surface area (Å²) in [5, 5.41) is 57.1. The summed E-state index contributed by atoms with van der Waals surface area (Å²) < 4.78 is 17.7. The standard InChI is InChI=1S/C67H123NO10/c1-4-7-10-13-16-19-22-25-27-29-30-31-32-33-35-37-40-43-46-49-52-55-62(72)78-65-64(74)63(73)61(56-69)77-67(65)76-57-58(59(70)53-50-47-44-41-38-24-21-18-15-12-9-6-3)68-66(75)60(71)54-51-48-45-42-39-36-34-28-26-23-20-17-14-11-8-5-2/h16,19,25-28,50,53,58-61,63-65,67,69-71,73-74H,4-15,17-18,20-24,29-49,51-52,54-57H2,1-3H3,(H,68,75)/b19-16-,27-25-,28-26+,53-50+. The monoisotopic (exact) mass is 1100 g/mol. The Balaban J connectivity index is 2.63. The highest BCUT2D eigenvalue weighted by atomic mass is 16.7. The van der Waals surface area contributed by atoms with Gasteiger partial charge in [0.15, 0.2) is 12.4 Å². The fourth-order valence-corrected chi connectivity index (χ4v) is 10.2. The van der Waals surface area contributed by atoms with Gasteiger partial charge in [0.1, 0.15) is 24.4 Å². The van der Waals surface area contributed by atoms with Gasteiger partial charge in [-0.2, -0.15) is 0 Å². The Bertz CT molecular complexity index is 1450. The van der Waals surface area contributed by atoms with Gasteiger partial charge in [0.25, 0.3) is 0 Å². The minimum Gasteiger partial charge on any atom is -0.454 e. The molecular formula is C67H123NO10. The predicted octanol–water partition coefficient (Wildman–Crippen LogP) is 16.0. The average Bonchev–Trinajstić information content (AvgIpc) is 3.45. The van der Waals surface area contributed by atoms with E-state index in [4.69, 9.17) is 14.2 Å². The molecule has 1 saturated heterocycles. The number of hydrogen-bond donors (Lipinski definition) is 6. The van der Waals surface area contributed by atoms with E-state index in [9.17, 15) is 35.1 Å². The first-order chi connectivity index (χ1) is 38.2. The third-order valence-corrected chi connectivity index (χ3v) is 15.5. The first-order valence-corrected chi connectivity index (χ1v) is 32.9. The fraction of sp³-hybridized carbons (Fsp3) is 0.851. The number of carbonyl (C=O) groups excluding carboxylic acids is 2. The van der Waals surface area contributed by atoms with Crippen molar-refractivity contribution < 1.29 is 49.3 Å². The van der Waals surface area contributed by atoms with Gasteiger partial charge in [-0.25, -0.2) is 0 Å². The highest BCUT2D eigenvalue weighted by molar-refractivity contribution is 5.80. The van der Waals surface area contributed by atoms with Gasteiger partial charge >= 0.3 is 5.97 Å². The summed E-state index contributed by atoms with van der Waals surface area (Å²) >= 11 is 0. The average molecular weight is 1100 g/mol. The lowest BCUT2D eigenvalue weighted by Gasteiger charge is -2.41. The molecule has 0 spiro atoms. The second-order valence-corrected chi connectivity index (χ2v) is 22.8. The Morgan fingerprint density at radius 1 is 0.500 bits per heavy atom. The van der Waals surface area contributed by atoms with Crippen LogP contribution in [0.5, 0.6) is 0 Å². The van der Waals surface area contributed by atoms with Crippen LogP contribution in [0.15, 0.2) is 48.6 Å². The van der Waals surface area contributed by atoms with E-state index in [1.807, 2.05) is 6.08 Å². The zero-order valence-electron chi connectivity index (χ0n) is 50.5. The summed E-state index contributed by atoms with van der Waals surface area (Å²) in [6.45, 7) is 5.78. The largest absolute Gasteiger partial charge is 0.454 e. The second-order valence-electron chi connectivity index (χ2n) is 22.8. The molecule has 6 N–H and O–H groups in total. The molecule has 0 saturated carbocycles. The van der Waals surface area contributed by atoms with E-state index < -0.39 is 67.4 Å². The van der Waals surface area contributed by atoms with E-state index in [1.54, 1.807) is 6.08 Å². The number of aliphatic hydroxyl groups excluding tert-OH is 5. The molecule has 78 heavy (non-hydrogen) atoms. The maximum atomic E-state index is 13.4. The smallest absolute Gasteiger partial charge is 0.306 e. The first kappa shape index (κ1) is 73.6. The molecule has 0 aliphatic carbocycles. The van der Waals surface area contributed by atoms with Crippen LogP contribution in [0.25, 0.3) is 0 Å². The van der Waals surface area contributed by atoms with Crippen LogP contribution in [0.4, 0.5) is 0 Å². The summed E-state index contributed by atoms with van der Waals surface area (Å²) in [6.07, 6.45) is 57.1. The van der Waals surface area contributed by atoms with Crippen molar-refractivity contribution >= 4 is 11.9 Å². The molecule has 1 aliphatic rings. The Labute approximate surface area is 478 Å². The van der Waals surface area contributed by atoms with E-state index in [0.717, 1.165) is 77.0 Å². The van der Waals surface area contributed by atoms with Crippen molar-refractivity contribution in [3.63, 3.8) is 0 Å². The summed E-state index contributed by atoms with van der Waals surface area (Å²) in [5.74, 6) is -1.19. The summed E-state index contributed by atoms with van der Waals surface area (Å²) in [7, 11) is 0. The number of carbonyl (C=O) groups is 2. The molecule has 8 atom stereocenters. The molecule has 1 rings (SSSR count). The summed E-state index contributed by atoms with van der Waals surface area (Å²) in [4.78, 5) is 26.6. The van der Waals surface area contributed by atoms with E-state index >= 15 is 0 Å². The Morgan fingerprint density at radius 3 is 1.35 bits per heavy atom. The number of amides is 1. The lowest BCUT2D eigenvalue weighted by Crippen LogP contribution is -2.61. The van der Waals surface area contributed by atoms with Gasteiger partial charge in [0, 0.05) is 6.42 Å². The molecule has 0 bridgehead atoms. The lowest BCUT2D eigenvalue weighted by molar-refractivity contribution is -0.305. The molecular weight excluding hydrogens is 979 g/mol. The zero-order chi connectivity index (χ0) is 56.8. The number of rotatable bonds is 56. The van der Waals surface area contributed by atoms with Gasteiger partial charge < -0.3 is 45.1 Å². The topological polar surface area (TPSA) is 175 Å². The Hall–Kier alpha value is -2.38. The molecule has 11 heteroatoms. The van der Waals surface area contributed by atoms with Crippen LogP contribution >= 0.6 is 0 Å². The van der Waals surface area contributed by atoms with Crippen molar-refractivity contribution in [2.45, 2.75) is 352 Å². The molecule has 11 nitrogen and oxygen atoms in total. The zero-order valence-corrected chi connectivity index (χ0v) is 50.5. The molecule has 1 fully saturated rings. The van der Waals surface area contributed by atoms with Gasteiger partial charge in [0.2, 0.25) is 5.91 Å².